The molecule has 2 rings (SSSR count). The minimum Gasteiger partial charge on any atom is -0.478 e. The summed E-state index contributed by atoms with van der Waals surface area (Å²) in [5.41, 5.74) is 0.395. The summed E-state index contributed by atoms with van der Waals surface area (Å²) in [7, 11) is 0. The Balaban J connectivity index is 2.17. The topological polar surface area (TPSA) is 37.3 Å². The molecule has 0 heterocycles. The molecule has 2 aliphatic carbocycles. The van der Waals surface area contributed by atoms with E-state index in [2.05, 4.69) is 39.0 Å². The first-order valence-electron chi connectivity index (χ1n) is 8.16. The van der Waals surface area contributed by atoms with Gasteiger partial charge >= 0.3 is 5.97 Å². The zero-order valence-corrected chi connectivity index (χ0v) is 13.6. The van der Waals surface area contributed by atoms with E-state index in [9.17, 15) is 4.79 Å². The third-order valence-electron chi connectivity index (χ3n) is 5.33. The third kappa shape index (κ3) is 3.66. The molecule has 1 fully saturated rings. The highest BCUT2D eigenvalue weighted by Gasteiger charge is 2.40. The average molecular weight is 288 g/mol. The number of fused-ring (bicyclic) bond motifs is 1. The Morgan fingerprint density at radius 1 is 1.19 bits per heavy atom. The molecule has 6 atom stereocenters. The number of carboxylic acid groups (broad SMARTS) is 1. The number of allylic oxidation sites excluding steroid dienone is 5. The van der Waals surface area contributed by atoms with Crippen LogP contribution in [0.15, 0.2) is 36.0 Å². The molecule has 2 heteroatoms. The van der Waals surface area contributed by atoms with Gasteiger partial charge in [0.15, 0.2) is 0 Å². The van der Waals surface area contributed by atoms with E-state index < -0.39 is 5.97 Å². The summed E-state index contributed by atoms with van der Waals surface area (Å²) in [6.45, 7) is 8.67. The molecule has 116 valence electrons. The maximum absolute atomic E-state index is 10.8. The van der Waals surface area contributed by atoms with Crippen molar-refractivity contribution in [2.45, 2.75) is 40.5 Å². The second-order valence-corrected chi connectivity index (χ2v) is 7.16. The lowest BCUT2D eigenvalue weighted by atomic mass is 9.59. The minimum absolute atomic E-state index is 0.395. The largest absolute Gasteiger partial charge is 0.478 e. The molecule has 0 aromatic heterocycles. The van der Waals surface area contributed by atoms with Gasteiger partial charge in [-0.2, -0.15) is 0 Å². The lowest BCUT2D eigenvalue weighted by molar-refractivity contribution is -0.132. The number of aliphatic carboxylic acids is 1. The normalized spacial score (nSPS) is 40.3. The Kier molecular flexibility index (Phi) is 5.08. The van der Waals surface area contributed by atoms with Gasteiger partial charge in [0.2, 0.25) is 0 Å². The van der Waals surface area contributed by atoms with Crippen LogP contribution in [0.1, 0.15) is 40.5 Å². The van der Waals surface area contributed by atoms with Crippen LogP contribution in [-0.4, -0.2) is 11.1 Å². The van der Waals surface area contributed by atoms with Gasteiger partial charge in [0.05, 0.1) is 0 Å². The van der Waals surface area contributed by atoms with Crippen molar-refractivity contribution in [2.75, 3.05) is 0 Å². The van der Waals surface area contributed by atoms with E-state index in [1.807, 2.05) is 6.08 Å². The van der Waals surface area contributed by atoms with E-state index in [4.69, 9.17) is 5.11 Å². The minimum atomic E-state index is -0.839. The molecule has 0 unspecified atom stereocenters. The fraction of sp³-hybridized carbons (Fsp3) is 0.632. The third-order valence-corrected chi connectivity index (χ3v) is 5.33. The van der Waals surface area contributed by atoms with Gasteiger partial charge in [0, 0.05) is 5.57 Å². The van der Waals surface area contributed by atoms with Crippen LogP contribution in [0, 0.1) is 35.5 Å². The molecule has 0 saturated heterocycles. The summed E-state index contributed by atoms with van der Waals surface area (Å²) in [6, 6.07) is 0. The monoisotopic (exact) mass is 288 g/mol. The van der Waals surface area contributed by atoms with Crippen molar-refractivity contribution < 1.29 is 9.90 Å². The van der Waals surface area contributed by atoms with Crippen molar-refractivity contribution in [3.63, 3.8) is 0 Å². The predicted molar refractivity (Wildman–Crippen MR) is 86.9 cm³/mol. The molecule has 0 bridgehead atoms. The maximum Gasteiger partial charge on any atom is 0.331 e. The molecule has 0 aromatic rings. The number of rotatable bonds is 3. The Morgan fingerprint density at radius 2 is 1.90 bits per heavy atom. The van der Waals surface area contributed by atoms with Crippen LogP contribution in [0.5, 0.6) is 0 Å². The van der Waals surface area contributed by atoms with Crippen LogP contribution in [-0.2, 0) is 4.79 Å². The molecule has 0 spiro atoms. The van der Waals surface area contributed by atoms with E-state index in [-0.39, 0.29) is 0 Å². The predicted octanol–water partition coefficient (Wildman–Crippen LogP) is 4.69. The van der Waals surface area contributed by atoms with Gasteiger partial charge in [-0.15, -0.1) is 0 Å². The van der Waals surface area contributed by atoms with Crippen molar-refractivity contribution in [1.29, 1.82) is 0 Å². The summed E-state index contributed by atoms with van der Waals surface area (Å²) in [4.78, 5) is 10.8. The van der Waals surface area contributed by atoms with E-state index in [0.717, 1.165) is 11.8 Å². The molecule has 0 aliphatic heterocycles. The van der Waals surface area contributed by atoms with Gasteiger partial charge in [-0.1, -0.05) is 51.2 Å². The Labute approximate surface area is 128 Å². The SMILES string of the molecule is C/C(=C\C=C\[C@@H]1[C@H]2[C@H](C)C[C@H](C)C[C@H]2C=C[C@H]1C)C(=O)O. The molecular formula is C19H28O2. The van der Waals surface area contributed by atoms with Crippen molar-refractivity contribution in [3.05, 3.63) is 36.0 Å². The summed E-state index contributed by atoms with van der Waals surface area (Å²) in [6.07, 6.45) is 13.3. The van der Waals surface area contributed by atoms with Crippen LogP contribution in [0.25, 0.3) is 0 Å². The first-order valence-corrected chi connectivity index (χ1v) is 8.16. The summed E-state index contributed by atoms with van der Waals surface area (Å²) in [5.74, 6) is 3.18. The van der Waals surface area contributed by atoms with Crippen molar-refractivity contribution in [2.24, 2.45) is 35.5 Å². The van der Waals surface area contributed by atoms with Crippen LogP contribution in [0.3, 0.4) is 0 Å². The molecule has 1 saturated carbocycles. The number of carbonyl (C=O) groups is 1. The van der Waals surface area contributed by atoms with E-state index >= 15 is 0 Å². The molecular weight excluding hydrogens is 260 g/mol. The van der Waals surface area contributed by atoms with Gasteiger partial charge in [0.1, 0.15) is 0 Å². The number of hydrogen-bond donors (Lipinski definition) is 1. The molecule has 2 aliphatic rings. The molecule has 0 amide bonds. The first-order chi connectivity index (χ1) is 9.90. The van der Waals surface area contributed by atoms with Gasteiger partial charge in [-0.05, 0) is 55.3 Å². The van der Waals surface area contributed by atoms with Gasteiger partial charge < -0.3 is 5.11 Å². The second-order valence-electron chi connectivity index (χ2n) is 7.16. The quantitative estimate of drug-likeness (QED) is 0.464. The van der Waals surface area contributed by atoms with Crippen molar-refractivity contribution in [1.82, 2.24) is 0 Å². The molecule has 0 aromatic carbocycles. The van der Waals surface area contributed by atoms with Crippen LogP contribution < -0.4 is 0 Å². The highest BCUT2D eigenvalue weighted by atomic mass is 16.4. The smallest absolute Gasteiger partial charge is 0.331 e. The molecule has 0 radical (unpaired) electrons. The van der Waals surface area contributed by atoms with Gasteiger partial charge in [-0.3, -0.25) is 0 Å². The maximum atomic E-state index is 10.8. The fourth-order valence-electron chi connectivity index (χ4n) is 4.30. The van der Waals surface area contributed by atoms with Crippen LogP contribution in [0.2, 0.25) is 0 Å². The van der Waals surface area contributed by atoms with Gasteiger partial charge in [-0.25, -0.2) is 4.79 Å². The first kappa shape index (κ1) is 16.1. The lowest BCUT2D eigenvalue weighted by Gasteiger charge is -2.46. The standard InChI is InChI=1S/C19H28O2/c1-12-10-15(4)18-16(11-12)9-8-13(2)17(18)7-5-6-14(3)19(20)21/h5-9,12-13,15-18H,10-11H2,1-4H3,(H,20,21)/b7-5+,14-6+/t12-,13+,15+,16+,17-,18-/m0/s1. The number of carboxylic acids is 1. The molecule has 21 heavy (non-hydrogen) atoms. The number of hydrogen-bond acceptors (Lipinski definition) is 1. The molecule has 2 nitrogen and oxygen atoms in total. The summed E-state index contributed by atoms with van der Waals surface area (Å²) >= 11 is 0. The zero-order valence-electron chi connectivity index (χ0n) is 13.6. The summed E-state index contributed by atoms with van der Waals surface area (Å²) in [5, 5.41) is 8.92. The zero-order chi connectivity index (χ0) is 15.6. The Morgan fingerprint density at radius 3 is 2.57 bits per heavy atom. The lowest BCUT2D eigenvalue weighted by Crippen LogP contribution is -2.38. The van der Waals surface area contributed by atoms with Crippen molar-refractivity contribution >= 4 is 5.97 Å². The second kappa shape index (κ2) is 6.64. The van der Waals surface area contributed by atoms with Crippen LogP contribution in [0.4, 0.5) is 0 Å². The highest BCUT2D eigenvalue weighted by molar-refractivity contribution is 5.86. The fourth-order valence-corrected chi connectivity index (χ4v) is 4.30. The van der Waals surface area contributed by atoms with Gasteiger partial charge in [0.25, 0.3) is 0 Å². The van der Waals surface area contributed by atoms with Crippen LogP contribution >= 0.6 is 0 Å². The highest BCUT2D eigenvalue weighted by Crippen LogP contribution is 2.48. The van der Waals surface area contributed by atoms with E-state index in [1.54, 1.807) is 13.0 Å². The molecule has 1 N–H and O–H groups in total. The van der Waals surface area contributed by atoms with Crippen molar-refractivity contribution in [3.8, 4) is 0 Å². The van der Waals surface area contributed by atoms with E-state index in [0.29, 0.717) is 29.2 Å². The van der Waals surface area contributed by atoms with E-state index in [1.165, 1.54) is 12.8 Å². The Bertz CT molecular complexity index is 472. The Hall–Kier alpha value is -1.31. The summed E-state index contributed by atoms with van der Waals surface area (Å²) < 4.78 is 0. The average Bonchev–Trinajstić information content (AvgIpc) is 2.40.